The molecule has 200 valence electrons. The van der Waals surface area contributed by atoms with E-state index in [2.05, 4.69) is 31.9 Å². The largest absolute Gasteiger partial charge is 0.342 e. The third-order valence-electron chi connectivity index (χ3n) is 8.90. The minimum absolute atomic E-state index is 0.0942. The molecule has 0 radical (unpaired) electrons. The standard InChI is InChI=1S/C29H37N7O2/c1-20(37)34-16-10-27-25(19-34)28(35-13-2-3-23-17-21(18-30)4-5-26(23)35)32-36(27)24-8-14-33(15-9-24)29(38)22-6-11-31-12-7-22/h4-5,17,22,24,31H,2-3,6-16,19H2,1H3. The summed E-state index contributed by atoms with van der Waals surface area (Å²) in [7, 11) is 0. The summed E-state index contributed by atoms with van der Waals surface area (Å²) >= 11 is 0. The molecule has 5 heterocycles. The molecule has 9 nitrogen and oxygen atoms in total. The second kappa shape index (κ2) is 10.4. The molecule has 2 fully saturated rings. The number of fused-ring (bicyclic) bond motifs is 2. The topological polar surface area (TPSA) is 97.5 Å². The van der Waals surface area contributed by atoms with E-state index in [0.29, 0.717) is 24.6 Å². The monoisotopic (exact) mass is 515 g/mol. The lowest BCUT2D eigenvalue weighted by Gasteiger charge is -2.36. The number of nitriles is 1. The second-order valence-corrected chi connectivity index (χ2v) is 11.2. The first kappa shape index (κ1) is 24.9. The van der Waals surface area contributed by atoms with Gasteiger partial charge in [-0.2, -0.15) is 10.4 Å². The highest BCUT2D eigenvalue weighted by Crippen LogP contribution is 2.40. The predicted octanol–water partition coefficient (Wildman–Crippen LogP) is 2.91. The van der Waals surface area contributed by atoms with Crippen LogP contribution in [-0.4, -0.2) is 70.7 Å². The van der Waals surface area contributed by atoms with Crippen LogP contribution >= 0.6 is 0 Å². The van der Waals surface area contributed by atoms with Gasteiger partial charge in [0.05, 0.1) is 24.2 Å². The zero-order valence-corrected chi connectivity index (χ0v) is 22.3. The van der Waals surface area contributed by atoms with Crippen LogP contribution in [0.1, 0.15) is 67.5 Å². The van der Waals surface area contributed by atoms with Crippen LogP contribution in [-0.2, 0) is 29.0 Å². The number of nitrogens with one attached hydrogen (secondary N) is 1. The van der Waals surface area contributed by atoms with E-state index in [1.807, 2.05) is 17.0 Å². The highest BCUT2D eigenvalue weighted by atomic mass is 16.2. The molecule has 1 aromatic heterocycles. The average Bonchev–Trinajstić information content (AvgIpc) is 3.35. The molecule has 4 aliphatic heterocycles. The Morgan fingerprint density at radius 1 is 1.03 bits per heavy atom. The number of carbonyl (C=O) groups is 2. The van der Waals surface area contributed by atoms with Gasteiger partial charge in [-0.3, -0.25) is 14.3 Å². The van der Waals surface area contributed by atoms with Gasteiger partial charge in [0.2, 0.25) is 11.8 Å². The van der Waals surface area contributed by atoms with Crippen LogP contribution in [0.4, 0.5) is 11.5 Å². The number of hydrogen-bond acceptors (Lipinski definition) is 6. The molecule has 6 rings (SSSR count). The van der Waals surface area contributed by atoms with E-state index in [-0.39, 0.29) is 17.9 Å². The van der Waals surface area contributed by atoms with Crippen LogP contribution in [0, 0.1) is 17.2 Å². The van der Waals surface area contributed by atoms with Crippen LogP contribution in [0.5, 0.6) is 0 Å². The van der Waals surface area contributed by atoms with Crippen molar-refractivity contribution < 1.29 is 9.59 Å². The lowest BCUT2D eigenvalue weighted by Crippen LogP contribution is -2.45. The van der Waals surface area contributed by atoms with E-state index in [9.17, 15) is 14.9 Å². The van der Waals surface area contributed by atoms with Crippen LogP contribution in [0.2, 0.25) is 0 Å². The summed E-state index contributed by atoms with van der Waals surface area (Å²) in [5.41, 5.74) is 5.37. The van der Waals surface area contributed by atoms with Gasteiger partial charge in [-0.05, 0) is 75.4 Å². The Balaban J connectivity index is 1.28. The molecule has 0 unspecified atom stereocenters. The van der Waals surface area contributed by atoms with Crippen molar-refractivity contribution in [2.24, 2.45) is 5.92 Å². The first-order valence-electron chi connectivity index (χ1n) is 14.2. The smallest absolute Gasteiger partial charge is 0.225 e. The predicted molar refractivity (Wildman–Crippen MR) is 144 cm³/mol. The molecule has 1 N–H and O–H groups in total. The van der Waals surface area contributed by atoms with Crippen LogP contribution < -0.4 is 10.2 Å². The third kappa shape index (κ3) is 4.55. The number of piperidine rings is 2. The summed E-state index contributed by atoms with van der Waals surface area (Å²) in [4.78, 5) is 31.7. The van der Waals surface area contributed by atoms with E-state index in [4.69, 9.17) is 5.10 Å². The Morgan fingerprint density at radius 3 is 2.55 bits per heavy atom. The molecular weight excluding hydrogens is 478 g/mol. The van der Waals surface area contributed by atoms with E-state index in [1.54, 1.807) is 6.92 Å². The van der Waals surface area contributed by atoms with Gasteiger partial charge >= 0.3 is 0 Å². The maximum Gasteiger partial charge on any atom is 0.225 e. The molecule has 2 amide bonds. The number of anilines is 2. The number of nitrogens with zero attached hydrogens (tertiary/aromatic N) is 6. The molecular formula is C29H37N7O2. The van der Waals surface area contributed by atoms with Gasteiger partial charge in [-0.1, -0.05) is 0 Å². The Labute approximate surface area is 224 Å². The number of amides is 2. The van der Waals surface area contributed by atoms with E-state index < -0.39 is 0 Å². The Kier molecular flexibility index (Phi) is 6.83. The molecule has 0 atom stereocenters. The lowest BCUT2D eigenvalue weighted by molar-refractivity contribution is -0.137. The summed E-state index contributed by atoms with van der Waals surface area (Å²) in [6.45, 7) is 7.22. The molecule has 0 bridgehead atoms. The van der Waals surface area contributed by atoms with Gasteiger partial charge in [0.1, 0.15) is 0 Å². The average molecular weight is 516 g/mol. The van der Waals surface area contributed by atoms with Crippen molar-refractivity contribution >= 4 is 23.3 Å². The zero-order chi connectivity index (χ0) is 26.2. The maximum atomic E-state index is 13.1. The second-order valence-electron chi connectivity index (χ2n) is 11.2. The summed E-state index contributed by atoms with van der Waals surface area (Å²) < 4.78 is 2.24. The first-order valence-corrected chi connectivity index (χ1v) is 14.2. The number of likely N-dealkylation sites (tertiary alicyclic amines) is 1. The highest BCUT2D eigenvalue weighted by molar-refractivity contribution is 5.79. The van der Waals surface area contributed by atoms with E-state index in [1.165, 1.54) is 11.3 Å². The number of rotatable bonds is 3. The normalized spacial score (nSPS) is 20.6. The SMILES string of the molecule is CC(=O)N1CCc2c(c(N3CCCc4cc(C#N)ccc43)nn2C2CCN(C(=O)C3CCNCC3)CC2)C1. The van der Waals surface area contributed by atoms with Crippen molar-refractivity contribution in [2.75, 3.05) is 44.2 Å². The van der Waals surface area contributed by atoms with Gasteiger partial charge in [-0.15, -0.1) is 0 Å². The van der Waals surface area contributed by atoms with Crippen molar-refractivity contribution in [3.63, 3.8) is 0 Å². The molecule has 0 saturated carbocycles. The number of aryl methyl sites for hydroxylation is 1. The fourth-order valence-corrected chi connectivity index (χ4v) is 6.76. The van der Waals surface area contributed by atoms with Crippen LogP contribution in [0.15, 0.2) is 18.2 Å². The van der Waals surface area contributed by atoms with Crippen LogP contribution in [0.25, 0.3) is 0 Å². The number of aromatic nitrogens is 2. The zero-order valence-electron chi connectivity index (χ0n) is 22.3. The molecule has 38 heavy (non-hydrogen) atoms. The minimum atomic E-state index is 0.0942. The Bertz CT molecular complexity index is 1260. The quantitative estimate of drug-likeness (QED) is 0.675. The minimum Gasteiger partial charge on any atom is -0.342 e. The van der Waals surface area contributed by atoms with Gasteiger partial charge < -0.3 is 20.0 Å². The molecule has 4 aliphatic rings. The molecule has 1 aromatic carbocycles. The van der Waals surface area contributed by atoms with E-state index in [0.717, 1.165) is 94.7 Å². The van der Waals surface area contributed by atoms with Crippen molar-refractivity contribution in [2.45, 2.75) is 64.5 Å². The lowest BCUT2D eigenvalue weighted by atomic mass is 9.94. The van der Waals surface area contributed by atoms with Gasteiger partial charge in [0.25, 0.3) is 0 Å². The van der Waals surface area contributed by atoms with Crippen molar-refractivity contribution in [1.29, 1.82) is 5.26 Å². The van der Waals surface area contributed by atoms with Gasteiger partial charge in [-0.25, -0.2) is 0 Å². The third-order valence-corrected chi connectivity index (χ3v) is 8.90. The maximum absolute atomic E-state index is 13.1. The summed E-state index contributed by atoms with van der Waals surface area (Å²) in [5, 5.41) is 18.0. The van der Waals surface area contributed by atoms with Crippen molar-refractivity contribution in [3.05, 3.63) is 40.6 Å². The van der Waals surface area contributed by atoms with Crippen LogP contribution in [0.3, 0.4) is 0 Å². The highest BCUT2D eigenvalue weighted by Gasteiger charge is 2.35. The Hall–Kier alpha value is -3.38. The number of carbonyl (C=O) groups excluding carboxylic acids is 2. The summed E-state index contributed by atoms with van der Waals surface area (Å²) in [6, 6.07) is 8.46. The van der Waals surface area contributed by atoms with Gasteiger partial charge in [0, 0.05) is 62.4 Å². The molecule has 2 aromatic rings. The Morgan fingerprint density at radius 2 is 1.82 bits per heavy atom. The summed E-state index contributed by atoms with van der Waals surface area (Å²) in [5.74, 6) is 1.53. The fourth-order valence-electron chi connectivity index (χ4n) is 6.76. The molecule has 0 spiro atoms. The number of benzene rings is 1. The summed E-state index contributed by atoms with van der Waals surface area (Å²) in [6.07, 6.45) is 6.43. The van der Waals surface area contributed by atoms with Gasteiger partial charge in [0.15, 0.2) is 5.82 Å². The van der Waals surface area contributed by atoms with Crippen molar-refractivity contribution in [3.8, 4) is 6.07 Å². The molecule has 9 heteroatoms. The first-order chi connectivity index (χ1) is 18.5. The molecule has 0 aliphatic carbocycles. The number of hydrogen-bond donors (Lipinski definition) is 1. The van der Waals surface area contributed by atoms with Crippen molar-refractivity contribution in [1.82, 2.24) is 24.9 Å². The molecule has 2 saturated heterocycles. The van der Waals surface area contributed by atoms with E-state index >= 15 is 0 Å². The fraction of sp³-hybridized carbons (Fsp3) is 0.586.